The van der Waals surface area contributed by atoms with Crippen molar-refractivity contribution in [1.29, 1.82) is 0 Å². The van der Waals surface area contributed by atoms with Gasteiger partial charge in [-0.3, -0.25) is 9.78 Å². The molecule has 0 aliphatic heterocycles. The first kappa shape index (κ1) is 26.9. The highest BCUT2D eigenvalue weighted by Crippen LogP contribution is 2.28. The minimum atomic E-state index is -3.73. The van der Waals surface area contributed by atoms with Crippen molar-refractivity contribution in [3.8, 4) is 11.3 Å². The molecule has 4 aromatic rings. The van der Waals surface area contributed by atoms with Crippen LogP contribution >= 0.6 is 0 Å². The van der Waals surface area contributed by atoms with Gasteiger partial charge >= 0.3 is 0 Å². The number of benzene rings is 2. The van der Waals surface area contributed by atoms with E-state index in [2.05, 4.69) is 15.0 Å². The second kappa shape index (κ2) is 11.2. The van der Waals surface area contributed by atoms with Gasteiger partial charge in [-0.1, -0.05) is 18.2 Å². The van der Waals surface area contributed by atoms with Crippen LogP contribution in [-0.4, -0.2) is 30.3 Å². The smallest absolute Gasteiger partial charge is 0.240 e. The Bertz CT molecular complexity index is 1600. The van der Waals surface area contributed by atoms with E-state index in [-0.39, 0.29) is 34.6 Å². The molecule has 1 aliphatic carbocycles. The van der Waals surface area contributed by atoms with Crippen molar-refractivity contribution in [2.75, 3.05) is 0 Å². The van der Waals surface area contributed by atoms with E-state index >= 15 is 0 Å². The lowest BCUT2D eigenvalue weighted by atomic mass is 9.85. The summed E-state index contributed by atoms with van der Waals surface area (Å²) in [6, 6.07) is 18.2. The Hall–Kier alpha value is -3.69. The van der Waals surface area contributed by atoms with Crippen molar-refractivity contribution in [3.63, 3.8) is 0 Å². The van der Waals surface area contributed by atoms with E-state index < -0.39 is 10.0 Å². The number of carbonyl (C=O) groups is 1. The van der Waals surface area contributed by atoms with Gasteiger partial charge in [0.05, 0.1) is 22.1 Å². The van der Waals surface area contributed by atoms with Crippen molar-refractivity contribution >= 4 is 26.8 Å². The zero-order valence-electron chi connectivity index (χ0n) is 21.9. The second-order valence-electron chi connectivity index (χ2n) is 10.2. The van der Waals surface area contributed by atoms with E-state index in [1.807, 2.05) is 38.1 Å². The van der Waals surface area contributed by atoms with Crippen LogP contribution in [0.1, 0.15) is 49.9 Å². The summed E-state index contributed by atoms with van der Waals surface area (Å²) in [7, 11) is -3.73. The number of pyridine rings is 2. The quantitative estimate of drug-likeness (QED) is 0.321. The molecule has 0 unspecified atom stereocenters. The minimum Gasteiger partial charge on any atom is -0.349 e. The zero-order valence-corrected chi connectivity index (χ0v) is 22.7. The van der Waals surface area contributed by atoms with E-state index in [0.29, 0.717) is 31.2 Å². The molecule has 39 heavy (non-hydrogen) atoms. The Balaban J connectivity index is 1.19. The number of amides is 1. The van der Waals surface area contributed by atoms with Gasteiger partial charge in [0, 0.05) is 34.8 Å². The van der Waals surface area contributed by atoms with Crippen molar-refractivity contribution in [3.05, 3.63) is 90.0 Å². The molecular weight excluding hydrogens is 515 g/mol. The summed E-state index contributed by atoms with van der Waals surface area (Å²) in [6.45, 7) is 3.79. The maximum absolute atomic E-state index is 13.2. The van der Waals surface area contributed by atoms with Gasteiger partial charge in [0.25, 0.3) is 0 Å². The van der Waals surface area contributed by atoms with Crippen LogP contribution < -0.4 is 10.0 Å². The fourth-order valence-electron chi connectivity index (χ4n) is 5.06. The first-order valence-corrected chi connectivity index (χ1v) is 14.6. The van der Waals surface area contributed by atoms with Crippen LogP contribution in [0.2, 0.25) is 0 Å². The van der Waals surface area contributed by atoms with Gasteiger partial charge < -0.3 is 5.32 Å². The first-order valence-electron chi connectivity index (χ1n) is 13.1. The Morgan fingerprint density at radius 1 is 0.974 bits per heavy atom. The summed E-state index contributed by atoms with van der Waals surface area (Å²) in [5.41, 5.74) is 4.20. The molecule has 0 radical (unpaired) electrons. The molecule has 2 aromatic heterocycles. The lowest BCUT2D eigenvalue weighted by molar-refractivity contribution is -0.126. The highest BCUT2D eigenvalue weighted by Gasteiger charge is 2.30. The molecule has 2 aromatic carbocycles. The van der Waals surface area contributed by atoms with Crippen molar-refractivity contribution < 1.29 is 17.6 Å². The molecule has 1 fully saturated rings. The molecule has 0 bridgehead atoms. The molecule has 1 amide bonds. The molecule has 2 heterocycles. The SMILES string of the molecule is Cc1cc(-c2ccc3cc(S(=O)(=O)NC4CCC(C(=O)N[C@H](C)c5ccc(F)cc5)CC4)ccc3n2)ccn1. The van der Waals surface area contributed by atoms with Crippen LogP contribution in [0.15, 0.2) is 77.8 Å². The van der Waals surface area contributed by atoms with Gasteiger partial charge in [-0.2, -0.15) is 0 Å². The first-order chi connectivity index (χ1) is 18.7. The average molecular weight is 547 g/mol. The van der Waals surface area contributed by atoms with Crippen molar-refractivity contribution in [2.24, 2.45) is 5.92 Å². The summed E-state index contributed by atoms with van der Waals surface area (Å²) in [5, 5.41) is 3.74. The van der Waals surface area contributed by atoms with Gasteiger partial charge in [-0.15, -0.1) is 0 Å². The zero-order chi connectivity index (χ0) is 27.6. The summed E-state index contributed by atoms with van der Waals surface area (Å²) in [5.74, 6) is -0.557. The number of hydrogen-bond acceptors (Lipinski definition) is 5. The van der Waals surface area contributed by atoms with Gasteiger partial charge in [-0.05, 0) is 93.6 Å². The molecule has 7 nitrogen and oxygen atoms in total. The average Bonchev–Trinajstić information content (AvgIpc) is 2.93. The predicted molar refractivity (Wildman–Crippen MR) is 149 cm³/mol. The third-order valence-corrected chi connectivity index (χ3v) is 8.83. The normalized spacial score (nSPS) is 18.5. The molecule has 2 N–H and O–H groups in total. The molecule has 0 saturated heterocycles. The lowest BCUT2D eigenvalue weighted by Crippen LogP contribution is -2.41. The summed E-state index contributed by atoms with van der Waals surface area (Å²) in [6.07, 6.45) is 4.08. The number of nitrogens with zero attached hydrogens (tertiary/aromatic N) is 2. The van der Waals surface area contributed by atoms with Crippen molar-refractivity contribution in [2.45, 2.75) is 56.5 Å². The van der Waals surface area contributed by atoms with Crippen LogP contribution in [0, 0.1) is 18.7 Å². The largest absolute Gasteiger partial charge is 0.349 e. The fourth-order valence-corrected chi connectivity index (χ4v) is 6.40. The monoisotopic (exact) mass is 546 g/mol. The Morgan fingerprint density at radius 3 is 2.44 bits per heavy atom. The van der Waals surface area contributed by atoms with E-state index in [0.717, 1.165) is 27.9 Å². The standard InChI is InChI=1S/C30H31FN4O3S/c1-19-17-24(15-16-32-19)28-13-7-23-18-27(12-14-29(23)34-28)39(37,38)35-26-10-5-22(6-11-26)30(36)33-20(2)21-3-8-25(31)9-4-21/h3-4,7-9,12-18,20,22,26,35H,5-6,10-11H2,1-2H3,(H,33,36)/t20-,22?,26?/m1/s1. The van der Waals surface area contributed by atoms with Crippen LogP contribution in [-0.2, 0) is 14.8 Å². The summed E-state index contributed by atoms with van der Waals surface area (Å²) in [4.78, 5) is 21.9. The van der Waals surface area contributed by atoms with Crippen LogP contribution in [0.4, 0.5) is 4.39 Å². The second-order valence-corrected chi connectivity index (χ2v) is 11.9. The molecule has 1 saturated carbocycles. The van der Waals surface area contributed by atoms with E-state index in [4.69, 9.17) is 4.98 Å². The van der Waals surface area contributed by atoms with Crippen LogP contribution in [0.3, 0.4) is 0 Å². The number of aryl methyl sites for hydroxylation is 1. The third-order valence-electron chi connectivity index (χ3n) is 7.31. The number of carbonyl (C=O) groups excluding carboxylic acids is 1. The Kier molecular flexibility index (Phi) is 7.72. The highest BCUT2D eigenvalue weighted by atomic mass is 32.2. The number of fused-ring (bicyclic) bond motifs is 1. The van der Waals surface area contributed by atoms with E-state index in [9.17, 15) is 17.6 Å². The Morgan fingerprint density at radius 2 is 1.72 bits per heavy atom. The molecule has 0 spiro atoms. The molecule has 1 atom stereocenters. The maximum Gasteiger partial charge on any atom is 0.240 e. The molecule has 1 aliphatic rings. The van der Waals surface area contributed by atoms with Gasteiger partial charge in [-0.25, -0.2) is 22.5 Å². The molecule has 5 rings (SSSR count). The van der Waals surface area contributed by atoms with Gasteiger partial charge in [0.1, 0.15) is 5.82 Å². The molecule has 202 valence electrons. The number of nitrogens with one attached hydrogen (secondary N) is 2. The molecular formula is C30H31FN4O3S. The van der Waals surface area contributed by atoms with Gasteiger partial charge in [0.2, 0.25) is 15.9 Å². The van der Waals surface area contributed by atoms with E-state index in [1.54, 1.807) is 36.5 Å². The Labute approximate surface area is 227 Å². The number of halogens is 1. The third kappa shape index (κ3) is 6.32. The number of sulfonamides is 1. The maximum atomic E-state index is 13.2. The predicted octanol–water partition coefficient (Wildman–Crippen LogP) is 5.46. The lowest BCUT2D eigenvalue weighted by Gasteiger charge is -2.29. The number of hydrogen-bond donors (Lipinski definition) is 2. The van der Waals surface area contributed by atoms with E-state index in [1.165, 1.54) is 12.1 Å². The molecule has 9 heteroatoms. The summed E-state index contributed by atoms with van der Waals surface area (Å²) < 4.78 is 42.3. The minimum absolute atomic E-state index is 0.0588. The van der Waals surface area contributed by atoms with Crippen molar-refractivity contribution in [1.82, 2.24) is 20.0 Å². The van der Waals surface area contributed by atoms with Gasteiger partial charge in [0.15, 0.2) is 0 Å². The summed E-state index contributed by atoms with van der Waals surface area (Å²) >= 11 is 0. The fraction of sp³-hybridized carbons (Fsp3) is 0.300. The number of rotatable bonds is 7. The number of aromatic nitrogens is 2. The van der Waals surface area contributed by atoms with Crippen LogP contribution in [0.5, 0.6) is 0 Å². The van der Waals surface area contributed by atoms with Crippen LogP contribution in [0.25, 0.3) is 22.2 Å². The topological polar surface area (TPSA) is 101 Å². The highest BCUT2D eigenvalue weighted by molar-refractivity contribution is 7.89.